The molecule has 0 aromatic carbocycles. The van der Waals surface area contributed by atoms with Gasteiger partial charge in [0, 0.05) is 19.4 Å². The van der Waals surface area contributed by atoms with Gasteiger partial charge in [-0.1, -0.05) is 119 Å². The van der Waals surface area contributed by atoms with Crippen LogP contribution in [0.15, 0.2) is 72.9 Å². The number of phosphoric acid groups is 1. The Balaban J connectivity index is 4.37. The Hall–Kier alpha value is -2.59. The molecule has 0 aromatic heterocycles. The number of aliphatic hydroxyl groups is 1. The summed E-state index contributed by atoms with van der Waals surface area (Å²) in [4.78, 5) is 34.7. The zero-order valence-corrected chi connectivity index (χ0v) is 33.0. The third kappa shape index (κ3) is 35.8. The van der Waals surface area contributed by atoms with Gasteiger partial charge in [0.05, 0.1) is 19.3 Å². The maximum Gasteiger partial charge on any atom is 0.472 e. The van der Waals surface area contributed by atoms with E-state index in [1.807, 2.05) is 24.3 Å². The molecule has 298 valence electrons. The van der Waals surface area contributed by atoms with E-state index in [0.29, 0.717) is 19.3 Å². The summed E-state index contributed by atoms with van der Waals surface area (Å²) in [6.45, 7) is 3.37. The fourth-order valence-corrected chi connectivity index (χ4v) is 5.50. The number of carbonyl (C=O) groups is 2. The van der Waals surface area contributed by atoms with Crippen molar-refractivity contribution < 1.29 is 42.7 Å². The predicted octanol–water partition coefficient (Wildman–Crippen LogP) is 9.68. The molecule has 0 fully saturated rings. The highest BCUT2D eigenvalue weighted by Gasteiger charge is 2.25. The van der Waals surface area contributed by atoms with Crippen LogP contribution in [0.4, 0.5) is 0 Å². The van der Waals surface area contributed by atoms with Crippen LogP contribution in [0.1, 0.15) is 136 Å². The standard InChI is InChI=1S/C41H70NO9P/c1-3-5-7-8-9-10-11-12-13-14-15-18-22-25-29-33-41(45)51-39(37-50-52(46,47)49-35-34-42)36-48-40(44)32-28-24-21-19-16-17-20-23-27-31-38(43)30-26-6-4-2/h6,9-10,12-13,15,18,20,23,26-27,31,38-39,43H,3-5,7-8,11,14,16-17,19,21-22,24-25,28-30,32-37,42H2,1-2H3,(H,46,47)/b10-9-,13-12-,18-15-,23-20+,26-6+,31-27+/t38?,39-/m1/s1. The number of aliphatic hydroxyl groups excluding tert-OH is 1. The predicted molar refractivity (Wildman–Crippen MR) is 212 cm³/mol. The lowest BCUT2D eigenvalue weighted by molar-refractivity contribution is -0.161. The van der Waals surface area contributed by atoms with Crippen molar-refractivity contribution in [1.29, 1.82) is 0 Å². The Morgan fingerprint density at radius 1 is 0.692 bits per heavy atom. The van der Waals surface area contributed by atoms with E-state index in [2.05, 4.69) is 56.4 Å². The van der Waals surface area contributed by atoms with E-state index in [0.717, 1.165) is 70.6 Å². The van der Waals surface area contributed by atoms with Gasteiger partial charge in [-0.2, -0.15) is 0 Å². The molecule has 0 rings (SSSR count). The SMILES string of the molecule is CC/C=C/CC(O)/C=C/C=C/CCCCCCCC(=O)OC[C@H](COP(=O)(O)OCCN)OC(=O)CCCC/C=C\C/C=C\C/C=C\CCCCC. The minimum absolute atomic E-state index is 0.0325. The molecule has 0 spiro atoms. The van der Waals surface area contributed by atoms with Gasteiger partial charge >= 0.3 is 19.8 Å². The highest BCUT2D eigenvalue weighted by molar-refractivity contribution is 7.47. The van der Waals surface area contributed by atoms with Crippen LogP contribution in [-0.4, -0.2) is 60.5 Å². The molecule has 0 aromatic rings. The van der Waals surface area contributed by atoms with Crippen LogP contribution in [0, 0.1) is 0 Å². The molecule has 0 saturated carbocycles. The molecular formula is C41H70NO9P. The molecule has 52 heavy (non-hydrogen) atoms. The Bertz CT molecular complexity index is 1100. The summed E-state index contributed by atoms with van der Waals surface area (Å²) in [5, 5.41) is 9.85. The van der Waals surface area contributed by atoms with Crippen molar-refractivity contribution in [2.24, 2.45) is 5.73 Å². The molecule has 2 unspecified atom stereocenters. The number of hydrogen-bond donors (Lipinski definition) is 3. The van der Waals surface area contributed by atoms with E-state index in [9.17, 15) is 24.2 Å². The number of unbranched alkanes of at least 4 members (excludes halogenated alkanes) is 10. The average Bonchev–Trinajstić information content (AvgIpc) is 3.12. The largest absolute Gasteiger partial charge is 0.472 e. The zero-order valence-electron chi connectivity index (χ0n) is 32.1. The van der Waals surface area contributed by atoms with Gasteiger partial charge in [0.1, 0.15) is 6.61 Å². The van der Waals surface area contributed by atoms with Crippen LogP contribution >= 0.6 is 7.82 Å². The van der Waals surface area contributed by atoms with E-state index in [1.165, 1.54) is 19.3 Å². The quantitative estimate of drug-likeness (QED) is 0.0187. The summed E-state index contributed by atoms with van der Waals surface area (Å²) in [5.74, 6) is -0.937. The second kappa shape index (κ2) is 36.8. The molecule has 0 aliphatic heterocycles. The number of phosphoric ester groups is 1. The van der Waals surface area contributed by atoms with Gasteiger partial charge < -0.3 is 25.2 Å². The van der Waals surface area contributed by atoms with Crippen molar-refractivity contribution in [3.05, 3.63) is 72.9 Å². The fraction of sp³-hybridized carbons (Fsp3) is 0.659. The van der Waals surface area contributed by atoms with Gasteiger partial charge in [-0.05, 0) is 77.0 Å². The van der Waals surface area contributed by atoms with Gasteiger partial charge in [-0.25, -0.2) is 4.57 Å². The molecule has 0 aliphatic rings. The summed E-state index contributed by atoms with van der Waals surface area (Å²) in [6, 6.07) is 0. The van der Waals surface area contributed by atoms with Gasteiger partial charge in [-0.15, -0.1) is 0 Å². The van der Waals surface area contributed by atoms with Crippen molar-refractivity contribution in [3.63, 3.8) is 0 Å². The lowest BCUT2D eigenvalue weighted by Gasteiger charge is -2.19. The Kier molecular flexibility index (Phi) is 34.9. The maximum atomic E-state index is 12.5. The third-order valence-electron chi connectivity index (χ3n) is 7.66. The molecule has 11 heteroatoms. The molecule has 0 amide bonds. The third-order valence-corrected chi connectivity index (χ3v) is 8.64. The molecular weight excluding hydrogens is 681 g/mol. The smallest absolute Gasteiger partial charge is 0.462 e. The second-order valence-corrected chi connectivity index (χ2v) is 14.1. The number of nitrogens with two attached hydrogens (primary N) is 1. The molecule has 0 radical (unpaired) electrons. The first-order valence-electron chi connectivity index (χ1n) is 19.5. The van der Waals surface area contributed by atoms with E-state index < -0.39 is 38.6 Å². The van der Waals surface area contributed by atoms with Crippen molar-refractivity contribution in [3.8, 4) is 0 Å². The maximum absolute atomic E-state index is 12.5. The summed E-state index contributed by atoms with van der Waals surface area (Å²) >= 11 is 0. The Labute approximate surface area is 314 Å². The second-order valence-electron chi connectivity index (χ2n) is 12.6. The van der Waals surface area contributed by atoms with Crippen LogP contribution in [-0.2, 0) is 32.7 Å². The van der Waals surface area contributed by atoms with E-state index in [1.54, 1.807) is 6.08 Å². The number of carbonyl (C=O) groups excluding carboxylic acids is 2. The number of allylic oxidation sites excluding steroid dienone is 10. The van der Waals surface area contributed by atoms with Crippen molar-refractivity contribution in [1.82, 2.24) is 0 Å². The van der Waals surface area contributed by atoms with E-state index in [4.69, 9.17) is 24.3 Å². The molecule has 0 bridgehead atoms. The van der Waals surface area contributed by atoms with E-state index >= 15 is 0 Å². The zero-order chi connectivity index (χ0) is 38.4. The van der Waals surface area contributed by atoms with Gasteiger partial charge in [0.25, 0.3) is 0 Å². The monoisotopic (exact) mass is 751 g/mol. The molecule has 4 N–H and O–H groups in total. The molecule has 3 atom stereocenters. The number of hydrogen-bond acceptors (Lipinski definition) is 9. The molecule has 0 aliphatic carbocycles. The first-order valence-corrected chi connectivity index (χ1v) is 21.0. The van der Waals surface area contributed by atoms with Crippen LogP contribution < -0.4 is 5.73 Å². The number of rotatable bonds is 35. The summed E-state index contributed by atoms with van der Waals surface area (Å²) in [6.07, 6.45) is 39.8. The summed E-state index contributed by atoms with van der Waals surface area (Å²) in [7, 11) is -4.40. The highest BCUT2D eigenvalue weighted by atomic mass is 31.2. The Morgan fingerprint density at radius 3 is 1.98 bits per heavy atom. The number of ether oxygens (including phenoxy) is 2. The van der Waals surface area contributed by atoms with Crippen LogP contribution in [0.2, 0.25) is 0 Å². The number of esters is 2. The topological polar surface area (TPSA) is 155 Å². The first kappa shape index (κ1) is 49.4. The van der Waals surface area contributed by atoms with Gasteiger partial charge in [0.2, 0.25) is 0 Å². The van der Waals surface area contributed by atoms with Crippen molar-refractivity contribution >= 4 is 19.8 Å². The van der Waals surface area contributed by atoms with E-state index in [-0.39, 0.29) is 32.6 Å². The fourth-order valence-electron chi connectivity index (χ4n) is 4.73. The van der Waals surface area contributed by atoms with Crippen LogP contribution in [0.3, 0.4) is 0 Å². The molecule has 10 nitrogen and oxygen atoms in total. The first-order chi connectivity index (χ1) is 25.2. The minimum atomic E-state index is -4.40. The van der Waals surface area contributed by atoms with Gasteiger partial charge in [-0.3, -0.25) is 18.6 Å². The highest BCUT2D eigenvalue weighted by Crippen LogP contribution is 2.43. The molecule has 0 heterocycles. The van der Waals surface area contributed by atoms with Gasteiger partial charge in [0.15, 0.2) is 6.10 Å². The minimum Gasteiger partial charge on any atom is -0.462 e. The lowest BCUT2D eigenvalue weighted by Crippen LogP contribution is -2.29. The summed E-state index contributed by atoms with van der Waals surface area (Å²) < 4.78 is 32.6. The van der Waals surface area contributed by atoms with Crippen LogP contribution in [0.25, 0.3) is 0 Å². The Morgan fingerprint density at radius 2 is 1.29 bits per heavy atom. The molecule has 0 saturated heterocycles. The van der Waals surface area contributed by atoms with Crippen LogP contribution in [0.5, 0.6) is 0 Å². The summed E-state index contributed by atoms with van der Waals surface area (Å²) in [5.41, 5.74) is 5.32. The lowest BCUT2D eigenvalue weighted by atomic mass is 10.1. The normalized spacial score (nSPS) is 14.8. The van der Waals surface area contributed by atoms with Crippen molar-refractivity contribution in [2.45, 2.75) is 148 Å². The average molecular weight is 752 g/mol. The van der Waals surface area contributed by atoms with Crippen molar-refractivity contribution in [2.75, 3.05) is 26.4 Å².